The van der Waals surface area contributed by atoms with E-state index in [1.807, 2.05) is 25.1 Å². The number of H-pyrrole nitrogens is 1. The molecule has 1 heterocycles. The van der Waals surface area contributed by atoms with Gasteiger partial charge in [-0.1, -0.05) is 19.1 Å². The predicted octanol–water partition coefficient (Wildman–Crippen LogP) is 3.45. The molecule has 0 aliphatic rings. The molecule has 0 saturated heterocycles. The van der Waals surface area contributed by atoms with Crippen LogP contribution in [0.25, 0.3) is 11.0 Å². The summed E-state index contributed by atoms with van der Waals surface area (Å²) in [4.78, 5) is 19.7. The largest absolute Gasteiger partial charge is 0.342 e. The molecule has 4 nitrogen and oxygen atoms in total. The topological polar surface area (TPSA) is 57.8 Å². The first kappa shape index (κ1) is 14.3. The Hall–Kier alpha value is -2.69. The number of fused-ring (bicyclic) bond motifs is 1. The quantitative estimate of drug-likeness (QED) is 0.775. The number of rotatable bonds is 4. The third-order valence-electron chi connectivity index (χ3n) is 3.40. The van der Waals surface area contributed by atoms with E-state index in [2.05, 4.69) is 15.3 Å². The van der Waals surface area contributed by atoms with Gasteiger partial charge in [-0.05, 0) is 35.9 Å². The lowest BCUT2D eigenvalue weighted by Gasteiger charge is -2.05. The number of benzene rings is 2. The Morgan fingerprint density at radius 3 is 2.91 bits per heavy atom. The highest BCUT2D eigenvalue weighted by Gasteiger charge is 2.07. The Balaban J connectivity index is 1.73. The van der Waals surface area contributed by atoms with Crippen LogP contribution in [0.3, 0.4) is 0 Å². The lowest BCUT2D eigenvalue weighted by molar-refractivity contribution is -0.115. The molecule has 0 fully saturated rings. The molecule has 5 heteroatoms. The fourth-order valence-corrected chi connectivity index (χ4v) is 2.34. The Kier molecular flexibility index (Phi) is 3.87. The van der Waals surface area contributed by atoms with Gasteiger partial charge in [0.05, 0.1) is 17.5 Å². The number of amides is 1. The van der Waals surface area contributed by atoms with E-state index in [0.717, 1.165) is 28.8 Å². The van der Waals surface area contributed by atoms with Gasteiger partial charge in [-0.25, -0.2) is 9.37 Å². The van der Waals surface area contributed by atoms with Crippen LogP contribution in [0.4, 0.5) is 10.1 Å². The van der Waals surface area contributed by atoms with E-state index >= 15 is 0 Å². The molecule has 1 aromatic heterocycles. The number of aryl methyl sites for hydroxylation is 1. The Morgan fingerprint density at radius 1 is 1.27 bits per heavy atom. The fraction of sp³-hybridized carbons (Fsp3) is 0.176. The Morgan fingerprint density at radius 2 is 2.14 bits per heavy atom. The molecule has 3 aromatic rings. The van der Waals surface area contributed by atoms with Gasteiger partial charge in [0.25, 0.3) is 0 Å². The number of halogens is 1. The maximum absolute atomic E-state index is 13.1. The molecule has 2 N–H and O–H groups in total. The molecule has 0 bridgehead atoms. The molecule has 0 aliphatic heterocycles. The summed E-state index contributed by atoms with van der Waals surface area (Å²) in [5, 5.41) is 2.69. The normalized spacial score (nSPS) is 10.8. The van der Waals surface area contributed by atoms with Crippen molar-refractivity contribution >= 4 is 22.6 Å². The van der Waals surface area contributed by atoms with Crippen LogP contribution in [0.1, 0.15) is 18.3 Å². The van der Waals surface area contributed by atoms with Gasteiger partial charge in [0, 0.05) is 12.1 Å². The van der Waals surface area contributed by atoms with Crippen LogP contribution < -0.4 is 5.32 Å². The van der Waals surface area contributed by atoms with Gasteiger partial charge in [0.1, 0.15) is 11.6 Å². The molecular weight excluding hydrogens is 281 g/mol. The van der Waals surface area contributed by atoms with E-state index in [-0.39, 0.29) is 18.1 Å². The monoisotopic (exact) mass is 297 g/mol. The van der Waals surface area contributed by atoms with Crippen molar-refractivity contribution in [3.8, 4) is 0 Å². The van der Waals surface area contributed by atoms with Crippen LogP contribution in [0, 0.1) is 5.82 Å². The van der Waals surface area contributed by atoms with Crippen LogP contribution in [-0.4, -0.2) is 15.9 Å². The molecule has 112 valence electrons. The minimum atomic E-state index is -0.372. The number of carbonyl (C=O) groups excluding carboxylic acids is 1. The van der Waals surface area contributed by atoms with Gasteiger partial charge in [-0.2, -0.15) is 0 Å². The molecule has 0 saturated carbocycles. The molecule has 0 unspecified atom stereocenters. The number of nitrogens with zero attached hydrogens (tertiary/aromatic N) is 1. The summed E-state index contributed by atoms with van der Waals surface area (Å²) < 4.78 is 13.1. The summed E-state index contributed by atoms with van der Waals surface area (Å²) in [6, 6.07) is 11.6. The summed E-state index contributed by atoms with van der Waals surface area (Å²) in [5.74, 6) is 0.375. The van der Waals surface area contributed by atoms with Crippen LogP contribution in [-0.2, 0) is 17.6 Å². The number of aromatic nitrogens is 2. The number of nitrogens with one attached hydrogen (secondary N) is 2. The third-order valence-corrected chi connectivity index (χ3v) is 3.40. The zero-order valence-electron chi connectivity index (χ0n) is 12.2. The van der Waals surface area contributed by atoms with Crippen LogP contribution in [0.15, 0.2) is 42.5 Å². The second-order valence-corrected chi connectivity index (χ2v) is 5.12. The molecular formula is C17H16FN3O. The average molecular weight is 297 g/mol. The molecule has 3 rings (SSSR count). The van der Waals surface area contributed by atoms with Gasteiger partial charge in [0.2, 0.25) is 5.91 Å². The highest BCUT2D eigenvalue weighted by molar-refractivity contribution is 5.92. The molecule has 22 heavy (non-hydrogen) atoms. The molecule has 0 atom stereocenters. The van der Waals surface area contributed by atoms with E-state index in [1.54, 1.807) is 12.1 Å². The molecule has 2 aromatic carbocycles. The lowest BCUT2D eigenvalue weighted by atomic mass is 10.1. The molecule has 0 spiro atoms. The third kappa shape index (κ3) is 3.14. The van der Waals surface area contributed by atoms with E-state index in [9.17, 15) is 9.18 Å². The van der Waals surface area contributed by atoms with Gasteiger partial charge in [-0.3, -0.25) is 4.79 Å². The predicted molar refractivity (Wildman–Crippen MR) is 84.2 cm³/mol. The maximum Gasteiger partial charge on any atom is 0.228 e. The Labute approximate surface area is 127 Å². The van der Waals surface area contributed by atoms with Gasteiger partial charge in [0.15, 0.2) is 0 Å². The summed E-state index contributed by atoms with van der Waals surface area (Å²) >= 11 is 0. The number of aromatic amines is 1. The lowest BCUT2D eigenvalue weighted by Crippen LogP contribution is -2.14. The van der Waals surface area contributed by atoms with E-state index in [1.165, 1.54) is 12.1 Å². The van der Waals surface area contributed by atoms with Crippen LogP contribution in [0.5, 0.6) is 0 Å². The summed E-state index contributed by atoms with van der Waals surface area (Å²) in [7, 11) is 0. The highest BCUT2D eigenvalue weighted by Crippen LogP contribution is 2.15. The zero-order chi connectivity index (χ0) is 15.5. The van der Waals surface area contributed by atoms with Crippen LogP contribution >= 0.6 is 0 Å². The zero-order valence-corrected chi connectivity index (χ0v) is 12.2. The SMILES string of the molecule is CCc1nc2ccc(CC(=O)Nc3cccc(F)c3)cc2[nH]1. The van der Waals surface area contributed by atoms with Gasteiger partial charge >= 0.3 is 0 Å². The van der Waals surface area contributed by atoms with Gasteiger partial charge in [-0.15, -0.1) is 0 Å². The minimum absolute atomic E-state index is 0.180. The highest BCUT2D eigenvalue weighted by atomic mass is 19.1. The Bertz CT molecular complexity index is 826. The number of carbonyl (C=O) groups is 1. The number of anilines is 1. The van der Waals surface area contributed by atoms with Crippen LogP contribution in [0.2, 0.25) is 0 Å². The van der Waals surface area contributed by atoms with Crippen molar-refractivity contribution in [2.45, 2.75) is 19.8 Å². The smallest absolute Gasteiger partial charge is 0.228 e. The van der Waals surface area contributed by atoms with E-state index in [0.29, 0.717) is 5.69 Å². The van der Waals surface area contributed by atoms with Crippen molar-refractivity contribution in [1.29, 1.82) is 0 Å². The number of hydrogen-bond acceptors (Lipinski definition) is 2. The van der Waals surface area contributed by atoms with Crippen molar-refractivity contribution < 1.29 is 9.18 Å². The van der Waals surface area contributed by atoms with Crippen molar-refractivity contribution in [2.24, 2.45) is 0 Å². The molecule has 0 aliphatic carbocycles. The molecule has 0 radical (unpaired) electrons. The second kappa shape index (κ2) is 5.97. The van der Waals surface area contributed by atoms with Gasteiger partial charge < -0.3 is 10.3 Å². The molecule has 1 amide bonds. The minimum Gasteiger partial charge on any atom is -0.342 e. The first-order valence-electron chi connectivity index (χ1n) is 7.17. The summed E-state index contributed by atoms with van der Waals surface area (Å²) in [6.07, 6.45) is 1.07. The number of hydrogen-bond donors (Lipinski definition) is 2. The van der Waals surface area contributed by atoms with E-state index in [4.69, 9.17) is 0 Å². The van der Waals surface area contributed by atoms with Crippen molar-refractivity contribution in [1.82, 2.24) is 9.97 Å². The van der Waals surface area contributed by atoms with E-state index < -0.39 is 0 Å². The second-order valence-electron chi connectivity index (χ2n) is 5.12. The van der Waals surface area contributed by atoms with Crippen molar-refractivity contribution in [3.63, 3.8) is 0 Å². The summed E-state index contributed by atoms with van der Waals surface area (Å²) in [6.45, 7) is 2.03. The standard InChI is InChI=1S/C17H16FN3O/c1-2-16-20-14-7-6-11(8-15(14)21-16)9-17(22)19-13-5-3-4-12(18)10-13/h3-8,10H,2,9H2,1H3,(H,19,22)(H,20,21). The first-order valence-corrected chi connectivity index (χ1v) is 7.17. The maximum atomic E-state index is 13.1. The average Bonchev–Trinajstić information content (AvgIpc) is 2.89. The van der Waals surface area contributed by atoms with Crippen molar-refractivity contribution in [3.05, 3.63) is 59.7 Å². The number of imidazole rings is 1. The fourth-order valence-electron chi connectivity index (χ4n) is 2.34. The van der Waals surface area contributed by atoms with Crippen molar-refractivity contribution in [2.75, 3.05) is 5.32 Å². The first-order chi connectivity index (χ1) is 10.6. The summed E-state index contributed by atoms with van der Waals surface area (Å²) in [5.41, 5.74) is 3.16.